The summed E-state index contributed by atoms with van der Waals surface area (Å²) in [6, 6.07) is 3.07. The van der Waals surface area contributed by atoms with Crippen LogP contribution in [0.5, 0.6) is 0 Å². The normalized spacial score (nSPS) is 17.5. The molecule has 0 saturated carbocycles. The van der Waals surface area contributed by atoms with Gasteiger partial charge >= 0.3 is 0 Å². The summed E-state index contributed by atoms with van der Waals surface area (Å²) in [6.07, 6.45) is 1.23. The Hall–Kier alpha value is -2.77. The molecule has 1 amide bonds. The third-order valence-corrected chi connectivity index (χ3v) is 4.65. The average Bonchev–Trinajstić information content (AvgIpc) is 2.58. The van der Waals surface area contributed by atoms with Gasteiger partial charge in [-0.3, -0.25) is 9.59 Å². The van der Waals surface area contributed by atoms with Gasteiger partial charge in [0.2, 0.25) is 5.91 Å². The molecule has 1 atom stereocenters. The van der Waals surface area contributed by atoms with Crippen molar-refractivity contribution in [3.8, 4) is 0 Å². The Morgan fingerprint density at radius 1 is 1.35 bits per heavy atom. The minimum atomic E-state index is -0.373. The highest BCUT2D eigenvalue weighted by Crippen LogP contribution is 2.19. The van der Waals surface area contributed by atoms with Gasteiger partial charge in [0.1, 0.15) is 17.5 Å². The maximum Gasteiger partial charge on any atom is 0.254 e. The smallest absolute Gasteiger partial charge is 0.254 e. The standard InChI is InChI=1S/C18H22FN5O2/c1-11-10-23(6-7-24(11)16-5-4-14(19)9-20-16)17(25)8-15-12(2)21-13(3)22-18(15)26/h4-5,9,11H,6-8,10H2,1-3H3,(H,21,22,26). The molecule has 7 nitrogen and oxygen atoms in total. The topological polar surface area (TPSA) is 82.2 Å². The summed E-state index contributed by atoms with van der Waals surface area (Å²) in [6.45, 7) is 7.10. The summed E-state index contributed by atoms with van der Waals surface area (Å²) in [5, 5.41) is 0. The average molecular weight is 359 g/mol. The van der Waals surface area contributed by atoms with Crippen LogP contribution in [0.25, 0.3) is 0 Å². The Balaban J connectivity index is 1.68. The Morgan fingerprint density at radius 2 is 2.12 bits per heavy atom. The lowest BCUT2D eigenvalue weighted by Crippen LogP contribution is -2.54. The first-order valence-corrected chi connectivity index (χ1v) is 8.57. The predicted octanol–water partition coefficient (Wildman–Crippen LogP) is 1.20. The van der Waals surface area contributed by atoms with E-state index in [0.29, 0.717) is 42.5 Å². The molecule has 0 radical (unpaired) electrons. The summed E-state index contributed by atoms with van der Waals surface area (Å²) in [5.41, 5.74) is 0.739. The molecule has 1 saturated heterocycles. The van der Waals surface area contributed by atoms with Gasteiger partial charge in [-0.05, 0) is 32.9 Å². The number of H-pyrrole nitrogens is 1. The second kappa shape index (κ2) is 7.23. The van der Waals surface area contributed by atoms with E-state index in [0.717, 1.165) is 0 Å². The van der Waals surface area contributed by atoms with Gasteiger partial charge < -0.3 is 14.8 Å². The molecule has 1 unspecified atom stereocenters. The molecule has 1 fully saturated rings. The predicted molar refractivity (Wildman–Crippen MR) is 95.6 cm³/mol. The van der Waals surface area contributed by atoms with E-state index in [1.807, 2.05) is 6.92 Å². The van der Waals surface area contributed by atoms with Crippen molar-refractivity contribution in [2.45, 2.75) is 33.2 Å². The number of aromatic nitrogens is 3. The maximum absolute atomic E-state index is 13.0. The van der Waals surface area contributed by atoms with Gasteiger partial charge in [-0.25, -0.2) is 14.4 Å². The van der Waals surface area contributed by atoms with E-state index in [4.69, 9.17) is 0 Å². The number of rotatable bonds is 3. The van der Waals surface area contributed by atoms with Crippen molar-refractivity contribution >= 4 is 11.7 Å². The van der Waals surface area contributed by atoms with Crippen LogP contribution in [-0.2, 0) is 11.2 Å². The number of hydrogen-bond acceptors (Lipinski definition) is 5. The molecular weight excluding hydrogens is 337 g/mol. The van der Waals surface area contributed by atoms with Crippen molar-refractivity contribution in [1.82, 2.24) is 19.9 Å². The highest BCUT2D eigenvalue weighted by molar-refractivity contribution is 5.79. The molecule has 3 rings (SSSR count). The summed E-state index contributed by atoms with van der Waals surface area (Å²) in [5.74, 6) is 0.768. The Bertz CT molecular complexity index is 865. The molecule has 1 aliphatic heterocycles. The van der Waals surface area contributed by atoms with E-state index >= 15 is 0 Å². The van der Waals surface area contributed by atoms with Gasteiger partial charge in [-0.1, -0.05) is 0 Å². The fraction of sp³-hybridized carbons (Fsp3) is 0.444. The number of piperazine rings is 1. The molecule has 1 aliphatic rings. The van der Waals surface area contributed by atoms with Gasteiger partial charge in [0.25, 0.3) is 5.56 Å². The van der Waals surface area contributed by atoms with Crippen LogP contribution < -0.4 is 10.5 Å². The van der Waals surface area contributed by atoms with Crippen LogP contribution in [0.1, 0.15) is 24.0 Å². The molecule has 3 heterocycles. The van der Waals surface area contributed by atoms with E-state index in [-0.39, 0.29) is 29.7 Å². The van der Waals surface area contributed by atoms with Crippen LogP contribution in [0.3, 0.4) is 0 Å². The van der Waals surface area contributed by atoms with E-state index in [1.165, 1.54) is 12.3 Å². The molecule has 1 N–H and O–H groups in total. The fourth-order valence-corrected chi connectivity index (χ4v) is 3.28. The lowest BCUT2D eigenvalue weighted by Gasteiger charge is -2.40. The molecule has 0 bridgehead atoms. The minimum absolute atomic E-state index is 0.0377. The number of carbonyl (C=O) groups is 1. The molecule has 0 spiro atoms. The van der Waals surface area contributed by atoms with Crippen molar-refractivity contribution in [2.75, 3.05) is 24.5 Å². The Labute approximate surface area is 150 Å². The molecule has 8 heteroatoms. The van der Waals surface area contributed by atoms with E-state index in [9.17, 15) is 14.0 Å². The first-order valence-electron chi connectivity index (χ1n) is 8.57. The zero-order valence-electron chi connectivity index (χ0n) is 15.1. The van der Waals surface area contributed by atoms with Crippen LogP contribution in [0.2, 0.25) is 0 Å². The molecule has 26 heavy (non-hydrogen) atoms. The summed E-state index contributed by atoms with van der Waals surface area (Å²) >= 11 is 0. The number of halogens is 1. The molecular formula is C18H22FN5O2. The van der Waals surface area contributed by atoms with Crippen molar-refractivity contribution < 1.29 is 9.18 Å². The number of pyridine rings is 1. The van der Waals surface area contributed by atoms with E-state index in [1.54, 1.807) is 24.8 Å². The number of carbonyl (C=O) groups excluding carboxylic acids is 1. The number of aromatic amines is 1. The van der Waals surface area contributed by atoms with Crippen LogP contribution in [0.15, 0.2) is 23.1 Å². The first-order chi connectivity index (χ1) is 12.3. The van der Waals surface area contributed by atoms with Crippen molar-refractivity contribution in [2.24, 2.45) is 0 Å². The Morgan fingerprint density at radius 3 is 2.73 bits per heavy atom. The molecule has 0 aliphatic carbocycles. The third-order valence-electron chi connectivity index (χ3n) is 4.65. The number of aryl methyl sites for hydroxylation is 2. The first kappa shape index (κ1) is 18.0. The van der Waals surface area contributed by atoms with Crippen LogP contribution in [0.4, 0.5) is 10.2 Å². The zero-order valence-corrected chi connectivity index (χ0v) is 15.1. The number of hydrogen-bond donors (Lipinski definition) is 1. The Kier molecular flexibility index (Phi) is 5.01. The molecule has 2 aromatic heterocycles. The lowest BCUT2D eigenvalue weighted by atomic mass is 10.1. The van der Waals surface area contributed by atoms with Gasteiger partial charge in [-0.15, -0.1) is 0 Å². The summed E-state index contributed by atoms with van der Waals surface area (Å²) in [7, 11) is 0. The second-order valence-corrected chi connectivity index (χ2v) is 6.61. The number of anilines is 1. The van der Waals surface area contributed by atoms with Crippen LogP contribution >= 0.6 is 0 Å². The lowest BCUT2D eigenvalue weighted by molar-refractivity contribution is -0.131. The van der Waals surface area contributed by atoms with Gasteiger partial charge in [0.15, 0.2) is 0 Å². The van der Waals surface area contributed by atoms with Crippen molar-refractivity contribution in [3.63, 3.8) is 0 Å². The van der Waals surface area contributed by atoms with Gasteiger partial charge in [0, 0.05) is 36.9 Å². The fourth-order valence-electron chi connectivity index (χ4n) is 3.28. The second-order valence-electron chi connectivity index (χ2n) is 6.61. The van der Waals surface area contributed by atoms with Crippen molar-refractivity contribution in [3.05, 3.63) is 51.6 Å². The highest BCUT2D eigenvalue weighted by atomic mass is 19.1. The van der Waals surface area contributed by atoms with E-state index < -0.39 is 0 Å². The van der Waals surface area contributed by atoms with Gasteiger partial charge in [0.05, 0.1) is 12.6 Å². The molecule has 0 aromatic carbocycles. The van der Waals surface area contributed by atoms with Crippen LogP contribution in [0, 0.1) is 19.7 Å². The highest BCUT2D eigenvalue weighted by Gasteiger charge is 2.28. The number of nitrogens with zero attached hydrogens (tertiary/aromatic N) is 4. The number of nitrogens with one attached hydrogen (secondary N) is 1. The third kappa shape index (κ3) is 3.74. The van der Waals surface area contributed by atoms with Gasteiger partial charge in [-0.2, -0.15) is 0 Å². The molecule has 138 valence electrons. The van der Waals surface area contributed by atoms with E-state index in [2.05, 4.69) is 19.9 Å². The quantitative estimate of drug-likeness (QED) is 0.891. The zero-order chi connectivity index (χ0) is 18.8. The monoisotopic (exact) mass is 359 g/mol. The minimum Gasteiger partial charge on any atom is -0.350 e. The summed E-state index contributed by atoms with van der Waals surface area (Å²) in [4.78, 5) is 39.5. The van der Waals surface area contributed by atoms with Crippen molar-refractivity contribution in [1.29, 1.82) is 0 Å². The SMILES string of the molecule is Cc1nc(C)c(CC(=O)N2CCN(c3ccc(F)cn3)C(C)C2)c(=O)[nH]1. The largest absolute Gasteiger partial charge is 0.350 e. The molecule has 2 aromatic rings. The maximum atomic E-state index is 13.0. The van der Waals surface area contributed by atoms with Crippen LogP contribution in [-0.4, -0.2) is 51.4 Å². The number of amides is 1. The summed E-state index contributed by atoms with van der Waals surface area (Å²) < 4.78 is 13.0.